The minimum atomic E-state index is -0.343. The van der Waals surface area contributed by atoms with Crippen molar-refractivity contribution in [2.75, 3.05) is 19.1 Å². The van der Waals surface area contributed by atoms with Crippen LogP contribution in [0.3, 0.4) is 0 Å². The standard InChI is InChI=1S/C14H22N2O2S/c1-9-7-5-6-8-11(9)16(3)14-15-12(10(2)19-14)13(17)18-4/h9,11H,5-8H2,1-4H3. The summed E-state index contributed by atoms with van der Waals surface area (Å²) in [4.78, 5) is 19.2. The van der Waals surface area contributed by atoms with Crippen LogP contribution in [-0.4, -0.2) is 31.2 Å². The number of ether oxygens (including phenoxy) is 1. The molecular weight excluding hydrogens is 260 g/mol. The van der Waals surface area contributed by atoms with Gasteiger partial charge >= 0.3 is 5.97 Å². The first-order chi connectivity index (χ1) is 9.04. The molecule has 1 aliphatic carbocycles. The number of thiazole rings is 1. The van der Waals surface area contributed by atoms with E-state index in [-0.39, 0.29) is 5.97 Å². The maximum atomic E-state index is 11.6. The zero-order valence-corrected chi connectivity index (χ0v) is 12.9. The number of aromatic nitrogens is 1. The second-order valence-corrected chi connectivity index (χ2v) is 6.51. The molecule has 5 heteroatoms. The number of aryl methyl sites for hydroxylation is 1. The van der Waals surface area contributed by atoms with E-state index in [1.165, 1.54) is 32.8 Å². The van der Waals surface area contributed by atoms with Crippen molar-refractivity contribution < 1.29 is 9.53 Å². The molecule has 0 aliphatic heterocycles. The second-order valence-electron chi connectivity index (χ2n) is 5.33. The van der Waals surface area contributed by atoms with E-state index in [1.54, 1.807) is 11.3 Å². The molecule has 0 radical (unpaired) electrons. The van der Waals surface area contributed by atoms with Crippen LogP contribution < -0.4 is 4.90 Å². The molecule has 4 nitrogen and oxygen atoms in total. The van der Waals surface area contributed by atoms with Gasteiger partial charge in [-0.2, -0.15) is 0 Å². The van der Waals surface area contributed by atoms with Gasteiger partial charge in [-0.05, 0) is 25.7 Å². The van der Waals surface area contributed by atoms with Crippen LogP contribution in [0.1, 0.15) is 48.0 Å². The average molecular weight is 282 g/mol. The third-order valence-corrected chi connectivity index (χ3v) is 5.09. The number of nitrogens with zero attached hydrogens (tertiary/aromatic N) is 2. The predicted molar refractivity (Wildman–Crippen MR) is 78.0 cm³/mol. The molecule has 0 saturated heterocycles. The molecule has 1 fully saturated rings. The van der Waals surface area contributed by atoms with E-state index in [0.29, 0.717) is 17.7 Å². The van der Waals surface area contributed by atoms with Crippen LogP contribution >= 0.6 is 11.3 Å². The molecule has 0 N–H and O–H groups in total. The summed E-state index contributed by atoms with van der Waals surface area (Å²) in [6.07, 6.45) is 5.11. The largest absolute Gasteiger partial charge is 0.464 e. The van der Waals surface area contributed by atoms with E-state index in [2.05, 4.69) is 23.9 Å². The Morgan fingerprint density at radius 3 is 2.74 bits per heavy atom. The molecule has 2 atom stereocenters. The van der Waals surface area contributed by atoms with E-state index in [9.17, 15) is 4.79 Å². The van der Waals surface area contributed by atoms with Crippen molar-refractivity contribution in [1.82, 2.24) is 4.98 Å². The molecule has 0 aromatic carbocycles. The van der Waals surface area contributed by atoms with Crippen LogP contribution in [-0.2, 0) is 4.74 Å². The number of carbonyl (C=O) groups excluding carboxylic acids is 1. The number of anilines is 1. The molecule has 1 aromatic heterocycles. The van der Waals surface area contributed by atoms with Crippen LogP contribution in [0.5, 0.6) is 0 Å². The van der Waals surface area contributed by atoms with Gasteiger partial charge in [0.05, 0.1) is 7.11 Å². The SMILES string of the molecule is COC(=O)c1nc(N(C)C2CCCCC2C)sc1C. The predicted octanol–water partition coefficient (Wildman–Crippen LogP) is 3.25. The molecular formula is C14H22N2O2S. The van der Waals surface area contributed by atoms with Crippen molar-refractivity contribution in [2.45, 2.75) is 45.6 Å². The van der Waals surface area contributed by atoms with Crippen molar-refractivity contribution in [3.8, 4) is 0 Å². The first kappa shape index (κ1) is 14.3. The number of rotatable bonds is 3. The van der Waals surface area contributed by atoms with Gasteiger partial charge in [0.15, 0.2) is 10.8 Å². The van der Waals surface area contributed by atoms with Crippen molar-refractivity contribution in [3.63, 3.8) is 0 Å². The van der Waals surface area contributed by atoms with Crippen LogP contribution in [0.15, 0.2) is 0 Å². The lowest BCUT2D eigenvalue weighted by Crippen LogP contribution is -2.39. The molecule has 1 aliphatic rings. The third kappa shape index (κ3) is 2.91. The number of esters is 1. The summed E-state index contributed by atoms with van der Waals surface area (Å²) in [6.45, 7) is 4.23. The summed E-state index contributed by atoms with van der Waals surface area (Å²) in [5.74, 6) is 0.342. The molecule has 1 aromatic rings. The Morgan fingerprint density at radius 2 is 2.11 bits per heavy atom. The lowest BCUT2D eigenvalue weighted by Gasteiger charge is -2.36. The van der Waals surface area contributed by atoms with Crippen molar-refractivity contribution in [3.05, 3.63) is 10.6 Å². The fraction of sp³-hybridized carbons (Fsp3) is 0.714. The zero-order valence-electron chi connectivity index (χ0n) is 12.1. The van der Waals surface area contributed by atoms with Gasteiger partial charge in [0.1, 0.15) is 0 Å². The summed E-state index contributed by atoms with van der Waals surface area (Å²) >= 11 is 1.58. The quantitative estimate of drug-likeness (QED) is 0.798. The van der Waals surface area contributed by atoms with Gasteiger partial charge in [-0.15, -0.1) is 11.3 Å². The highest BCUT2D eigenvalue weighted by atomic mass is 32.1. The van der Waals surface area contributed by atoms with Crippen LogP contribution in [0.4, 0.5) is 5.13 Å². The Kier molecular flexibility index (Phi) is 4.45. The smallest absolute Gasteiger partial charge is 0.357 e. The van der Waals surface area contributed by atoms with Gasteiger partial charge in [-0.25, -0.2) is 9.78 Å². The van der Waals surface area contributed by atoms with Gasteiger partial charge in [0, 0.05) is 18.0 Å². The van der Waals surface area contributed by atoms with Gasteiger partial charge in [-0.3, -0.25) is 0 Å². The molecule has 2 unspecified atom stereocenters. The summed E-state index contributed by atoms with van der Waals surface area (Å²) < 4.78 is 4.76. The first-order valence-electron chi connectivity index (χ1n) is 6.83. The Bertz CT molecular complexity index is 458. The van der Waals surface area contributed by atoms with E-state index < -0.39 is 0 Å². The number of hydrogen-bond acceptors (Lipinski definition) is 5. The lowest BCUT2D eigenvalue weighted by atomic mass is 9.85. The highest BCUT2D eigenvalue weighted by Crippen LogP contribution is 2.33. The molecule has 0 bridgehead atoms. The Hall–Kier alpha value is -1.10. The first-order valence-corrected chi connectivity index (χ1v) is 7.64. The lowest BCUT2D eigenvalue weighted by molar-refractivity contribution is 0.0594. The summed E-state index contributed by atoms with van der Waals surface area (Å²) in [6, 6.07) is 0.532. The fourth-order valence-corrected chi connectivity index (χ4v) is 3.75. The zero-order chi connectivity index (χ0) is 14.0. The van der Waals surface area contributed by atoms with Gasteiger partial charge in [0.25, 0.3) is 0 Å². The highest BCUT2D eigenvalue weighted by Gasteiger charge is 2.28. The van der Waals surface area contributed by atoms with Crippen molar-refractivity contribution in [2.24, 2.45) is 5.92 Å². The molecule has 0 amide bonds. The molecule has 106 valence electrons. The minimum absolute atomic E-state index is 0.343. The summed E-state index contributed by atoms with van der Waals surface area (Å²) in [5.41, 5.74) is 0.456. The molecule has 2 rings (SSSR count). The average Bonchev–Trinajstić information content (AvgIpc) is 2.80. The summed E-state index contributed by atoms with van der Waals surface area (Å²) in [5, 5.41) is 0.927. The topological polar surface area (TPSA) is 42.4 Å². The van der Waals surface area contributed by atoms with Crippen molar-refractivity contribution >= 4 is 22.4 Å². The molecule has 0 spiro atoms. The Morgan fingerprint density at radius 1 is 1.42 bits per heavy atom. The summed E-state index contributed by atoms with van der Waals surface area (Å²) in [7, 11) is 3.49. The third-order valence-electron chi connectivity index (χ3n) is 4.03. The van der Waals surface area contributed by atoms with Crippen molar-refractivity contribution in [1.29, 1.82) is 0 Å². The number of methoxy groups -OCH3 is 1. The van der Waals surface area contributed by atoms with E-state index in [1.807, 2.05) is 6.92 Å². The Labute approximate surface area is 118 Å². The maximum absolute atomic E-state index is 11.6. The van der Waals surface area contributed by atoms with E-state index in [4.69, 9.17) is 4.74 Å². The fourth-order valence-electron chi connectivity index (χ4n) is 2.83. The van der Waals surface area contributed by atoms with E-state index in [0.717, 1.165) is 10.0 Å². The van der Waals surface area contributed by atoms with Gasteiger partial charge in [0.2, 0.25) is 0 Å². The van der Waals surface area contributed by atoms with Crippen LogP contribution in [0.2, 0.25) is 0 Å². The molecule has 1 heterocycles. The maximum Gasteiger partial charge on any atom is 0.357 e. The van der Waals surface area contributed by atoms with Gasteiger partial charge in [-0.1, -0.05) is 19.8 Å². The van der Waals surface area contributed by atoms with Gasteiger partial charge < -0.3 is 9.64 Å². The van der Waals surface area contributed by atoms with Crippen LogP contribution in [0.25, 0.3) is 0 Å². The normalized spacial score (nSPS) is 23.2. The second kappa shape index (κ2) is 5.90. The van der Waals surface area contributed by atoms with E-state index >= 15 is 0 Å². The van der Waals surface area contributed by atoms with Crippen LogP contribution in [0, 0.1) is 12.8 Å². The minimum Gasteiger partial charge on any atom is -0.464 e. The molecule has 1 saturated carbocycles. The number of carbonyl (C=O) groups is 1. The number of hydrogen-bond donors (Lipinski definition) is 0. The monoisotopic (exact) mass is 282 g/mol. The Balaban J connectivity index is 2.19. The molecule has 19 heavy (non-hydrogen) atoms. The highest BCUT2D eigenvalue weighted by molar-refractivity contribution is 7.15.